The van der Waals surface area contributed by atoms with E-state index < -0.39 is 5.60 Å². The zero-order chi connectivity index (χ0) is 15.5. The first-order chi connectivity index (χ1) is 9.89. The molecule has 2 rings (SSSR count). The van der Waals surface area contributed by atoms with Gasteiger partial charge in [-0.25, -0.2) is 4.79 Å². The first-order valence-corrected chi connectivity index (χ1v) is 7.52. The number of carbonyl (C=O) groups excluding carboxylic acids is 1. The first kappa shape index (κ1) is 15.8. The average Bonchev–Trinajstić information content (AvgIpc) is 3.15. The standard InChI is InChI=1S/C17H25NO3/c1-17(2,3)21-16(20)18(11-14-9-15(14)12-19)10-13-7-5-4-6-8-13/h4-8,14-15,19H,9-12H2,1-3H3/t14-,15-/m1/s1. The lowest BCUT2D eigenvalue weighted by atomic mass is 10.2. The van der Waals surface area contributed by atoms with E-state index in [1.165, 1.54) is 0 Å². The quantitative estimate of drug-likeness (QED) is 0.907. The molecule has 1 amide bonds. The molecule has 4 nitrogen and oxygen atoms in total. The van der Waals surface area contributed by atoms with E-state index in [4.69, 9.17) is 9.84 Å². The van der Waals surface area contributed by atoms with Crippen LogP contribution in [0.2, 0.25) is 0 Å². The van der Waals surface area contributed by atoms with Crippen molar-refractivity contribution in [1.29, 1.82) is 0 Å². The number of nitrogens with zero attached hydrogens (tertiary/aromatic N) is 1. The highest BCUT2D eigenvalue weighted by atomic mass is 16.6. The highest BCUT2D eigenvalue weighted by Gasteiger charge is 2.39. The Hall–Kier alpha value is -1.55. The van der Waals surface area contributed by atoms with Crippen LogP contribution < -0.4 is 0 Å². The summed E-state index contributed by atoms with van der Waals surface area (Å²) in [6.07, 6.45) is 0.708. The second-order valence-electron chi connectivity index (χ2n) is 6.78. The molecular weight excluding hydrogens is 266 g/mol. The number of amides is 1. The zero-order valence-corrected chi connectivity index (χ0v) is 13.1. The van der Waals surface area contributed by atoms with Gasteiger partial charge in [0, 0.05) is 19.7 Å². The molecule has 1 fully saturated rings. The first-order valence-electron chi connectivity index (χ1n) is 7.52. The van der Waals surface area contributed by atoms with E-state index in [-0.39, 0.29) is 12.7 Å². The fourth-order valence-electron chi connectivity index (χ4n) is 2.37. The van der Waals surface area contributed by atoms with Gasteiger partial charge in [0.15, 0.2) is 0 Å². The maximum Gasteiger partial charge on any atom is 0.410 e. The Morgan fingerprint density at radius 1 is 1.29 bits per heavy atom. The largest absolute Gasteiger partial charge is 0.444 e. The molecule has 0 heterocycles. The lowest BCUT2D eigenvalue weighted by Gasteiger charge is -2.27. The Kier molecular flexibility index (Phi) is 4.88. The summed E-state index contributed by atoms with van der Waals surface area (Å²) >= 11 is 0. The molecule has 1 N–H and O–H groups in total. The van der Waals surface area contributed by atoms with Crippen molar-refractivity contribution in [2.45, 2.75) is 39.3 Å². The van der Waals surface area contributed by atoms with Crippen LogP contribution in [0.3, 0.4) is 0 Å². The molecule has 0 aromatic heterocycles. The monoisotopic (exact) mass is 291 g/mol. The summed E-state index contributed by atoms with van der Waals surface area (Å²) in [4.78, 5) is 14.1. The van der Waals surface area contributed by atoms with Gasteiger partial charge in [0.05, 0.1) is 0 Å². The Morgan fingerprint density at radius 3 is 2.48 bits per heavy atom. The van der Waals surface area contributed by atoms with Crippen LogP contribution in [0.1, 0.15) is 32.8 Å². The van der Waals surface area contributed by atoms with Crippen molar-refractivity contribution in [3.8, 4) is 0 Å². The van der Waals surface area contributed by atoms with Crippen LogP contribution in [0.5, 0.6) is 0 Å². The number of ether oxygens (including phenoxy) is 1. The third-order valence-electron chi connectivity index (χ3n) is 3.63. The van der Waals surface area contributed by atoms with E-state index in [1.54, 1.807) is 4.90 Å². The highest BCUT2D eigenvalue weighted by Crippen LogP contribution is 2.38. The van der Waals surface area contributed by atoms with E-state index >= 15 is 0 Å². The molecule has 116 valence electrons. The Labute approximate surface area is 126 Å². The van der Waals surface area contributed by atoms with Gasteiger partial charge in [-0.2, -0.15) is 0 Å². The van der Waals surface area contributed by atoms with Crippen molar-refractivity contribution in [1.82, 2.24) is 4.90 Å². The molecule has 0 aliphatic heterocycles. The number of benzene rings is 1. The minimum atomic E-state index is -0.494. The number of rotatable bonds is 5. The molecule has 0 bridgehead atoms. The second kappa shape index (κ2) is 6.48. The summed E-state index contributed by atoms with van der Waals surface area (Å²) < 4.78 is 5.49. The number of hydrogen-bond acceptors (Lipinski definition) is 3. The molecule has 1 aromatic carbocycles. The smallest absolute Gasteiger partial charge is 0.410 e. The van der Waals surface area contributed by atoms with Crippen molar-refractivity contribution >= 4 is 6.09 Å². The second-order valence-corrected chi connectivity index (χ2v) is 6.78. The molecule has 4 heteroatoms. The third kappa shape index (κ3) is 5.05. The van der Waals surface area contributed by atoms with Crippen molar-refractivity contribution in [3.63, 3.8) is 0 Å². The van der Waals surface area contributed by atoms with Crippen LogP contribution in [0.25, 0.3) is 0 Å². The van der Waals surface area contributed by atoms with Crippen molar-refractivity contribution < 1.29 is 14.6 Å². The van der Waals surface area contributed by atoms with Crippen LogP contribution in [-0.4, -0.2) is 34.9 Å². The van der Waals surface area contributed by atoms with Crippen LogP contribution in [0, 0.1) is 11.8 Å². The lowest BCUT2D eigenvalue weighted by Crippen LogP contribution is -2.37. The van der Waals surface area contributed by atoms with Gasteiger partial charge >= 0.3 is 6.09 Å². The van der Waals surface area contributed by atoms with Gasteiger partial charge in [0.25, 0.3) is 0 Å². The molecule has 2 atom stereocenters. The molecule has 1 aliphatic rings. The van der Waals surface area contributed by atoms with Crippen LogP contribution in [0.4, 0.5) is 4.79 Å². The molecule has 0 unspecified atom stereocenters. The van der Waals surface area contributed by atoms with Crippen molar-refractivity contribution in [3.05, 3.63) is 35.9 Å². The summed E-state index contributed by atoms with van der Waals surface area (Å²) in [5.41, 5.74) is 0.593. The topological polar surface area (TPSA) is 49.8 Å². The summed E-state index contributed by atoms with van der Waals surface area (Å²) in [7, 11) is 0. The predicted molar refractivity (Wildman–Crippen MR) is 81.8 cm³/mol. The van der Waals surface area contributed by atoms with Crippen LogP contribution in [-0.2, 0) is 11.3 Å². The summed E-state index contributed by atoms with van der Waals surface area (Å²) in [5, 5.41) is 9.17. The fraction of sp³-hybridized carbons (Fsp3) is 0.588. The van der Waals surface area contributed by atoms with Crippen LogP contribution in [0.15, 0.2) is 30.3 Å². The van der Waals surface area contributed by atoms with Crippen molar-refractivity contribution in [2.24, 2.45) is 11.8 Å². The van der Waals surface area contributed by atoms with E-state index in [2.05, 4.69) is 0 Å². The van der Waals surface area contributed by atoms with E-state index in [0.717, 1.165) is 12.0 Å². The molecule has 0 spiro atoms. The van der Waals surface area contributed by atoms with Gasteiger partial charge in [0.2, 0.25) is 0 Å². The number of aliphatic hydroxyl groups excluding tert-OH is 1. The highest BCUT2D eigenvalue weighted by molar-refractivity contribution is 5.68. The summed E-state index contributed by atoms with van der Waals surface area (Å²) in [5.74, 6) is 0.733. The Morgan fingerprint density at radius 2 is 1.95 bits per heavy atom. The maximum absolute atomic E-state index is 12.4. The minimum Gasteiger partial charge on any atom is -0.444 e. The SMILES string of the molecule is CC(C)(C)OC(=O)N(Cc1ccccc1)C[C@H]1C[C@@H]1CO. The maximum atomic E-state index is 12.4. The summed E-state index contributed by atoms with van der Waals surface area (Å²) in [6.45, 7) is 7.02. The van der Waals surface area contributed by atoms with Gasteiger partial charge in [-0.3, -0.25) is 0 Å². The number of carbonyl (C=O) groups is 1. The zero-order valence-electron chi connectivity index (χ0n) is 13.1. The van der Waals surface area contributed by atoms with Crippen molar-refractivity contribution in [2.75, 3.05) is 13.2 Å². The Bertz CT molecular complexity index is 467. The Balaban J connectivity index is 2.01. The van der Waals surface area contributed by atoms with Crippen LogP contribution >= 0.6 is 0 Å². The normalized spacial score (nSPS) is 21.0. The summed E-state index contributed by atoms with van der Waals surface area (Å²) in [6, 6.07) is 9.91. The van der Waals surface area contributed by atoms with Gasteiger partial charge in [-0.1, -0.05) is 30.3 Å². The fourth-order valence-corrected chi connectivity index (χ4v) is 2.37. The van der Waals surface area contributed by atoms with Gasteiger partial charge in [-0.05, 0) is 44.6 Å². The predicted octanol–water partition coefficient (Wildman–Crippen LogP) is 3.05. The molecule has 1 saturated carbocycles. The molecule has 1 aromatic rings. The lowest BCUT2D eigenvalue weighted by molar-refractivity contribution is 0.0219. The number of hydrogen-bond donors (Lipinski definition) is 1. The average molecular weight is 291 g/mol. The van der Waals surface area contributed by atoms with Gasteiger partial charge in [0.1, 0.15) is 5.60 Å². The molecule has 1 aliphatic carbocycles. The molecule has 0 saturated heterocycles. The molecular formula is C17H25NO3. The number of aliphatic hydroxyl groups is 1. The van der Waals surface area contributed by atoms with E-state index in [0.29, 0.717) is 24.9 Å². The van der Waals surface area contributed by atoms with Gasteiger partial charge < -0.3 is 14.7 Å². The molecule has 0 radical (unpaired) electrons. The molecule has 21 heavy (non-hydrogen) atoms. The van der Waals surface area contributed by atoms with Gasteiger partial charge in [-0.15, -0.1) is 0 Å². The van der Waals surface area contributed by atoms with E-state index in [1.807, 2.05) is 51.1 Å². The minimum absolute atomic E-state index is 0.207. The third-order valence-corrected chi connectivity index (χ3v) is 3.63. The van der Waals surface area contributed by atoms with E-state index in [9.17, 15) is 4.79 Å².